The zero-order valence-corrected chi connectivity index (χ0v) is 12.7. The lowest BCUT2D eigenvalue weighted by Crippen LogP contribution is -2.24. The van der Waals surface area contributed by atoms with Gasteiger partial charge in [0.2, 0.25) is 5.91 Å². The third-order valence-corrected chi connectivity index (χ3v) is 3.47. The Hall–Kier alpha value is -1.79. The molecule has 1 aromatic carbocycles. The molecule has 3 heteroatoms. The lowest BCUT2D eigenvalue weighted by molar-refractivity contribution is -0.120. The summed E-state index contributed by atoms with van der Waals surface area (Å²) in [7, 11) is 0. The predicted molar refractivity (Wildman–Crippen MR) is 82.4 cm³/mol. The van der Waals surface area contributed by atoms with Gasteiger partial charge in [0.1, 0.15) is 6.61 Å². The molecule has 108 valence electrons. The first-order valence-corrected chi connectivity index (χ1v) is 7.03. The molecular formula is C17H23NO2. The summed E-state index contributed by atoms with van der Waals surface area (Å²) >= 11 is 0. The highest BCUT2D eigenvalue weighted by atomic mass is 16.2. The molecule has 1 unspecified atom stereocenters. The fraction of sp³-hybridized carbons (Fsp3) is 0.471. The molecule has 3 nitrogen and oxygen atoms in total. The minimum atomic E-state index is -0.147. The fourth-order valence-electron chi connectivity index (χ4n) is 1.78. The molecule has 1 rings (SSSR count). The number of aliphatic hydroxyl groups is 1. The molecule has 0 aromatic heterocycles. The highest BCUT2D eigenvalue weighted by molar-refractivity contribution is 5.93. The van der Waals surface area contributed by atoms with E-state index < -0.39 is 0 Å². The maximum Gasteiger partial charge on any atom is 0.227 e. The van der Waals surface area contributed by atoms with E-state index in [9.17, 15) is 4.79 Å². The first-order chi connectivity index (χ1) is 9.49. The molecule has 0 saturated heterocycles. The SMILES string of the molecule is CCc1cc(C#CCO)ccc1NC(=O)C(C)C(C)C. The summed E-state index contributed by atoms with van der Waals surface area (Å²) in [6.45, 7) is 7.91. The van der Waals surface area contributed by atoms with Crippen molar-refractivity contribution >= 4 is 11.6 Å². The number of anilines is 1. The third-order valence-electron chi connectivity index (χ3n) is 3.47. The van der Waals surface area contributed by atoms with Crippen LogP contribution in [-0.2, 0) is 11.2 Å². The van der Waals surface area contributed by atoms with E-state index in [2.05, 4.69) is 17.2 Å². The maximum atomic E-state index is 12.1. The van der Waals surface area contributed by atoms with Crippen molar-refractivity contribution in [2.24, 2.45) is 11.8 Å². The van der Waals surface area contributed by atoms with Crippen LogP contribution in [0.5, 0.6) is 0 Å². The van der Waals surface area contributed by atoms with Crippen molar-refractivity contribution in [2.45, 2.75) is 34.1 Å². The Labute approximate surface area is 121 Å². The maximum absolute atomic E-state index is 12.1. The van der Waals surface area contributed by atoms with Gasteiger partial charge in [-0.3, -0.25) is 4.79 Å². The molecule has 1 atom stereocenters. The summed E-state index contributed by atoms with van der Waals surface area (Å²) < 4.78 is 0. The molecule has 0 heterocycles. The van der Waals surface area contributed by atoms with E-state index in [1.54, 1.807) is 0 Å². The van der Waals surface area contributed by atoms with Gasteiger partial charge in [0.25, 0.3) is 0 Å². The van der Waals surface area contributed by atoms with Crippen LogP contribution in [0.3, 0.4) is 0 Å². The van der Waals surface area contributed by atoms with Crippen LogP contribution in [0.2, 0.25) is 0 Å². The number of amides is 1. The smallest absolute Gasteiger partial charge is 0.227 e. The molecule has 1 amide bonds. The summed E-state index contributed by atoms with van der Waals surface area (Å²) in [5.74, 6) is 5.85. The second-order valence-electron chi connectivity index (χ2n) is 5.21. The van der Waals surface area contributed by atoms with Crippen molar-refractivity contribution in [3.05, 3.63) is 29.3 Å². The van der Waals surface area contributed by atoms with Crippen LogP contribution < -0.4 is 5.32 Å². The molecular weight excluding hydrogens is 250 g/mol. The van der Waals surface area contributed by atoms with E-state index in [1.807, 2.05) is 45.9 Å². The van der Waals surface area contributed by atoms with Gasteiger partial charge in [0.15, 0.2) is 0 Å². The number of benzene rings is 1. The third kappa shape index (κ3) is 4.40. The quantitative estimate of drug-likeness (QED) is 0.829. The van der Waals surface area contributed by atoms with Crippen LogP contribution in [0.4, 0.5) is 5.69 Å². The molecule has 2 N–H and O–H groups in total. The molecule has 0 fully saturated rings. The molecule has 0 aliphatic carbocycles. The Morgan fingerprint density at radius 3 is 2.60 bits per heavy atom. The average Bonchev–Trinajstić information content (AvgIpc) is 2.44. The minimum Gasteiger partial charge on any atom is -0.384 e. The van der Waals surface area contributed by atoms with Crippen molar-refractivity contribution in [2.75, 3.05) is 11.9 Å². The highest BCUT2D eigenvalue weighted by Gasteiger charge is 2.17. The minimum absolute atomic E-state index is 0.0198. The van der Waals surface area contributed by atoms with Gasteiger partial charge in [0, 0.05) is 17.2 Å². The van der Waals surface area contributed by atoms with Crippen LogP contribution in [0.1, 0.15) is 38.8 Å². The number of hydrogen-bond acceptors (Lipinski definition) is 2. The van der Waals surface area contributed by atoms with E-state index in [1.165, 1.54) is 0 Å². The van der Waals surface area contributed by atoms with Crippen LogP contribution in [0.25, 0.3) is 0 Å². The number of aliphatic hydroxyl groups excluding tert-OH is 1. The number of aryl methyl sites for hydroxylation is 1. The lowest BCUT2D eigenvalue weighted by Gasteiger charge is -2.17. The van der Waals surface area contributed by atoms with Crippen LogP contribution in [0, 0.1) is 23.7 Å². The monoisotopic (exact) mass is 273 g/mol. The Morgan fingerprint density at radius 2 is 2.05 bits per heavy atom. The molecule has 1 aromatic rings. The lowest BCUT2D eigenvalue weighted by atomic mass is 9.97. The summed E-state index contributed by atoms with van der Waals surface area (Å²) in [6.07, 6.45) is 0.820. The molecule has 0 radical (unpaired) electrons. The number of rotatable bonds is 4. The predicted octanol–water partition coefficient (Wildman–Crippen LogP) is 2.82. The Morgan fingerprint density at radius 1 is 1.35 bits per heavy atom. The normalized spacial score (nSPS) is 11.7. The molecule has 0 aliphatic heterocycles. The van der Waals surface area contributed by atoms with Gasteiger partial charge >= 0.3 is 0 Å². The summed E-state index contributed by atoms with van der Waals surface area (Å²) in [5, 5.41) is 11.7. The largest absolute Gasteiger partial charge is 0.384 e. The molecule has 0 bridgehead atoms. The molecule has 20 heavy (non-hydrogen) atoms. The van der Waals surface area contributed by atoms with E-state index >= 15 is 0 Å². The fourth-order valence-corrected chi connectivity index (χ4v) is 1.78. The second kappa shape index (κ2) is 7.72. The van der Waals surface area contributed by atoms with Gasteiger partial charge in [-0.1, -0.05) is 39.5 Å². The number of carbonyl (C=O) groups excluding carboxylic acids is 1. The van der Waals surface area contributed by atoms with E-state index in [0.29, 0.717) is 5.92 Å². The Balaban J connectivity index is 2.93. The van der Waals surface area contributed by atoms with Gasteiger partial charge in [-0.15, -0.1) is 0 Å². The molecule has 0 aliphatic rings. The summed E-state index contributed by atoms with van der Waals surface area (Å²) in [4.78, 5) is 12.1. The number of carbonyl (C=O) groups is 1. The standard InChI is InChI=1S/C17H23NO2/c1-5-15-11-14(7-6-10-19)8-9-16(15)18-17(20)13(4)12(2)3/h8-9,11-13,19H,5,10H2,1-4H3,(H,18,20). The van der Waals surface area contributed by atoms with Crippen LogP contribution in [-0.4, -0.2) is 17.6 Å². The first-order valence-electron chi connectivity index (χ1n) is 7.03. The zero-order valence-electron chi connectivity index (χ0n) is 12.7. The molecule has 0 saturated carbocycles. The van der Waals surface area contributed by atoms with Crippen molar-refractivity contribution in [1.82, 2.24) is 0 Å². The van der Waals surface area contributed by atoms with Crippen molar-refractivity contribution in [3.8, 4) is 11.8 Å². The molecule has 0 spiro atoms. The van der Waals surface area contributed by atoms with E-state index in [-0.39, 0.29) is 18.4 Å². The van der Waals surface area contributed by atoms with Crippen molar-refractivity contribution in [1.29, 1.82) is 0 Å². The van der Waals surface area contributed by atoms with Crippen molar-refractivity contribution < 1.29 is 9.90 Å². The van der Waals surface area contributed by atoms with Gasteiger partial charge in [-0.2, -0.15) is 0 Å². The van der Waals surface area contributed by atoms with Crippen LogP contribution >= 0.6 is 0 Å². The first kappa shape index (κ1) is 16.3. The van der Waals surface area contributed by atoms with Gasteiger partial charge in [0.05, 0.1) is 0 Å². The van der Waals surface area contributed by atoms with Crippen LogP contribution in [0.15, 0.2) is 18.2 Å². The Bertz CT molecular complexity index is 524. The van der Waals surface area contributed by atoms with Gasteiger partial charge < -0.3 is 10.4 Å². The average molecular weight is 273 g/mol. The zero-order chi connectivity index (χ0) is 15.1. The number of nitrogens with one attached hydrogen (secondary N) is 1. The Kier molecular flexibility index (Phi) is 6.27. The summed E-state index contributed by atoms with van der Waals surface area (Å²) in [6, 6.07) is 5.70. The number of hydrogen-bond donors (Lipinski definition) is 2. The summed E-state index contributed by atoms with van der Waals surface area (Å²) in [5.41, 5.74) is 2.75. The second-order valence-corrected chi connectivity index (χ2v) is 5.21. The van der Waals surface area contributed by atoms with E-state index in [4.69, 9.17) is 5.11 Å². The van der Waals surface area contributed by atoms with Gasteiger partial charge in [-0.25, -0.2) is 0 Å². The van der Waals surface area contributed by atoms with E-state index in [0.717, 1.165) is 23.2 Å². The van der Waals surface area contributed by atoms with Crippen molar-refractivity contribution in [3.63, 3.8) is 0 Å². The highest BCUT2D eigenvalue weighted by Crippen LogP contribution is 2.20. The van der Waals surface area contributed by atoms with Gasteiger partial charge in [-0.05, 0) is 36.1 Å². The topological polar surface area (TPSA) is 49.3 Å².